The molecule has 0 unspecified atom stereocenters. The molecular weight excluding hydrogens is 347 g/mol. The lowest BCUT2D eigenvalue weighted by atomic mass is 10.2. The van der Waals surface area contributed by atoms with Crippen molar-refractivity contribution in [2.24, 2.45) is 0 Å². The first kappa shape index (κ1) is 16.6. The van der Waals surface area contributed by atoms with E-state index >= 15 is 0 Å². The van der Waals surface area contributed by atoms with Crippen molar-refractivity contribution in [3.8, 4) is 10.6 Å². The minimum Gasteiger partial charge on any atom is -0.307 e. The second-order valence-electron chi connectivity index (χ2n) is 5.07. The number of rotatable bonds is 4. The normalized spacial score (nSPS) is 10.6. The predicted molar refractivity (Wildman–Crippen MR) is 96.3 cm³/mol. The molecule has 0 aliphatic rings. The van der Waals surface area contributed by atoms with E-state index in [1.54, 1.807) is 34.5 Å². The van der Waals surface area contributed by atoms with E-state index in [2.05, 4.69) is 4.98 Å². The first-order valence-corrected chi connectivity index (χ1v) is 8.63. The Morgan fingerprint density at radius 1 is 1.17 bits per heavy atom. The lowest BCUT2D eigenvalue weighted by Crippen LogP contribution is -2.30. The molecule has 24 heavy (non-hydrogen) atoms. The van der Waals surface area contributed by atoms with E-state index in [-0.39, 0.29) is 11.7 Å². The third-order valence-electron chi connectivity index (χ3n) is 3.51. The summed E-state index contributed by atoms with van der Waals surface area (Å²) in [6.07, 6.45) is 0. The summed E-state index contributed by atoms with van der Waals surface area (Å²) in [5, 5.41) is 3.14. The predicted octanol–water partition coefficient (Wildman–Crippen LogP) is 5.27. The van der Waals surface area contributed by atoms with Crippen LogP contribution in [0.2, 0.25) is 5.02 Å². The summed E-state index contributed by atoms with van der Waals surface area (Å²) in [4.78, 5) is 18.7. The number of hydrogen-bond donors (Lipinski definition) is 0. The number of hydrogen-bond acceptors (Lipinski definition) is 3. The third-order valence-corrected chi connectivity index (χ3v) is 4.66. The minimum atomic E-state index is -0.332. The quantitative estimate of drug-likeness (QED) is 0.635. The molecule has 0 radical (unpaired) electrons. The van der Waals surface area contributed by atoms with Crippen LogP contribution < -0.4 is 4.90 Å². The molecule has 0 spiro atoms. The van der Waals surface area contributed by atoms with E-state index < -0.39 is 0 Å². The fraction of sp³-hybridized carbons (Fsp3) is 0.111. The highest BCUT2D eigenvalue weighted by atomic mass is 35.5. The minimum absolute atomic E-state index is 0.208. The highest BCUT2D eigenvalue weighted by Crippen LogP contribution is 2.26. The van der Waals surface area contributed by atoms with Crippen LogP contribution in [0.4, 0.5) is 10.1 Å². The SMILES string of the molecule is CCN(C(=O)c1csc(-c2ccc(Cl)cc2)n1)c1ccc(F)cc1. The number of thiazole rings is 1. The molecule has 0 saturated carbocycles. The Labute approximate surface area is 148 Å². The molecule has 0 bridgehead atoms. The van der Waals surface area contributed by atoms with E-state index in [9.17, 15) is 9.18 Å². The molecule has 122 valence electrons. The lowest BCUT2D eigenvalue weighted by Gasteiger charge is -2.19. The van der Waals surface area contributed by atoms with Crippen LogP contribution in [0.25, 0.3) is 10.6 Å². The molecular formula is C18H14ClFN2OS. The maximum atomic E-state index is 13.1. The number of nitrogens with zero attached hydrogens (tertiary/aromatic N) is 2. The van der Waals surface area contributed by atoms with E-state index in [0.29, 0.717) is 22.9 Å². The van der Waals surface area contributed by atoms with Crippen molar-refractivity contribution < 1.29 is 9.18 Å². The summed E-state index contributed by atoms with van der Waals surface area (Å²) in [5.74, 6) is -0.540. The van der Waals surface area contributed by atoms with Gasteiger partial charge >= 0.3 is 0 Å². The summed E-state index contributed by atoms with van der Waals surface area (Å²) in [7, 11) is 0. The Morgan fingerprint density at radius 3 is 2.46 bits per heavy atom. The topological polar surface area (TPSA) is 33.2 Å². The van der Waals surface area contributed by atoms with Crippen molar-refractivity contribution in [3.63, 3.8) is 0 Å². The van der Waals surface area contributed by atoms with Crippen LogP contribution in [0.5, 0.6) is 0 Å². The maximum absolute atomic E-state index is 13.1. The van der Waals surface area contributed by atoms with Gasteiger partial charge < -0.3 is 4.90 Å². The monoisotopic (exact) mass is 360 g/mol. The van der Waals surface area contributed by atoms with Crippen LogP contribution in [0, 0.1) is 5.82 Å². The third kappa shape index (κ3) is 3.47. The van der Waals surface area contributed by atoms with Crippen LogP contribution in [-0.4, -0.2) is 17.4 Å². The summed E-state index contributed by atoms with van der Waals surface area (Å²) in [6.45, 7) is 2.34. The van der Waals surface area contributed by atoms with E-state index in [0.717, 1.165) is 10.6 Å². The van der Waals surface area contributed by atoms with E-state index in [4.69, 9.17) is 11.6 Å². The average molecular weight is 361 g/mol. The van der Waals surface area contributed by atoms with Gasteiger partial charge in [-0.05, 0) is 43.3 Å². The zero-order chi connectivity index (χ0) is 17.1. The molecule has 6 heteroatoms. The van der Waals surface area contributed by atoms with Crippen molar-refractivity contribution in [2.45, 2.75) is 6.92 Å². The molecule has 1 amide bonds. The van der Waals surface area contributed by atoms with Crippen molar-refractivity contribution >= 4 is 34.5 Å². The standard InChI is InChI=1S/C18H14ClFN2OS/c1-2-22(15-9-7-14(20)8-10-15)18(23)16-11-24-17(21-16)12-3-5-13(19)6-4-12/h3-11H,2H2,1H3. The van der Waals surface area contributed by atoms with Crippen molar-refractivity contribution in [3.05, 3.63) is 70.4 Å². The van der Waals surface area contributed by atoms with Crippen molar-refractivity contribution in [1.29, 1.82) is 0 Å². The number of aromatic nitrogens is 1. The first-order valence-electron chi connectivity index (χ1n) is 7.37. The smallest absolute Gasteiger partial charge is 0.277 e. The molecule has 0 N–H and O–H groups in total. The lowest BCUT2D eigenvalue weighted by molar-refractivity contribution is 0.0984. The summed E-state index contributed by atoms with van der Waals surface area (Å²) < 4.78 is 13.1. The van der Waals surface area contributed by atoms with Gasteiger partial charge in [0.15, 0.2) is 0 Å². The van der Waals surface area contributed by atoms with Gasteiger partial charge in [-0.2, -0.15) is 0 Å². The van der Waals surface area contributed by atoms with Gasteiger partial charge in [0, 0.05) is 28.2 Å². The number of amides is 1. The fourth-order valence-corrected chi connectivity index (χ4v) is 3.23. The van der Waals surface area contributed by atoms with Gasteiger partial charge in [0.25, 0.3) is 5.91 Å². The molecule has 3 nitrogen and oxygen atoms in total. The summed E-state index contributed by atoms with van der Waals surface area (Å²) in [6, 6.07) is 13.2. The Bertz CT molecular complexity index is 846. The second-order valence-corrected chi connectivity index (χ2v) is 6.37. The van der Waals surface area contributed by atoms with Gasteiger partial charge in [0.1, 0.15) is 16.5 Å². The number of carbonyl (C=O) groups is 1. The molecule has 0 aliphatic heterocycles. The number of halogens is 2. The molecule has 1 heterocycles. The van der Waals surface area contributed by atoms with E-state index in [1.807, 2.05) is 19.1 Å². The first-order chi connectivity index (χ1) is 11.6. The fourth-order valence-electron chi connectivity index (χ4n) is 2.30. The molecule has 3 aromatic rings. The Balaban J connectivity index is 1.86. The average Bonchev–Trinajstić information content (AvgIpc) is 3.08. The number of carbonyl (C=O) groups excluding carboxylic acids is 1. The number of anilines is 1. The zero-order valence-corrected chi connectivity index (χ0v) is 14.4. The van der Waals surface area contributed by atoms with Crippen LogP contribution in [-0.2, 0) is 0 Å². The molecule has 1 aromatic heterocycles. The van der Waals surface area contributed by atoms with Gasteiger partial charge in [-0.3, -0.25) is 4.79 Å². The van der Waals surface area contributed by atoms with Gasteiger partial charge in [0.2, 0.25) is 0 Å². The van der Waals surface area contributed by atoms with Gasteiger partial charge in [-0.25, -0.2) is 9.37 Å². The maximum Gasteiger partial charge on any atom is 0.277 e. The molecule has 0 saturated heterocycles. The van der Waals surface area contributed by atoms with Gasteiger partial charge in [0.05, 0.1) is 0 Å². The van der Waals surface area contributed by atoms with Crippen LogP contribution in [0.1, 0.15) is 17.4 Å². The van der Waals surface area contributed by atoms with Crippen LogP contribution in [0.15, 0.2) is 53.9 Å². The largest absolute Gasteiger partial charge is 0.307 e. The summed E-state index contributed by atoms with van der Waals surface area (Å²) in [5.41, 5.74) is 1.93. The van der Waals surface area contributed by atoms with Crippen LogP contribution in [0.3, 0.4) is 0 Å². The van der Waals surface area contributed by atoms with E-state index in [1.165, 1.54) is 23.5 Å². The molecule has 2 aromatic carbocycles. The zero-order valence-electron chi connectivity index (χ0n) is 12.9. The highest BCUT2D eigenvalue weighted by molar-refractivity contribution is 7.13. The highest BCUT2D eigenvalue weighted by Gasteiger charge is 2.19. The molecule has 3 rings (SSSR count). The molecule has 0 fully saturated rings. The summed E-state index contributed by atoms with van der Waals surface area (Å²) >= 11 is 7.29. The molecule has 0 atom stereocenters. The number of benzene rings is 2. The molecule has 0 aliphatic carbocycles. The second kappa shape index (κ2) is 7.11. The van der Waals surface area contributed by atoms with Crippen molar-refractivity contribution in [2.75, 3.05) is 11.4 Å². The Hall–Kier alpha value is -2.24. The van der Waals surface area contributed by atoms with Crippen molar-refractivity contribution in [1.82, 2.24) is 4.98 Å². The van der Waals surface area contributed by atoms with Crippen LogP contribution >= 0.6 is 22.9 Å². The Kier molecular flexibility index (Phi) is 4.92. The Morgan fingerprint density at radius 2 is 1.83 bits per heavy atom. The van der Waals surface area contributed by atoms with Gasteiger partial charge in [-0.1, -0.05) is 23.7 Å². The van der Waals surface area contributed by atoms with Gasteiger partial charge in [-0.15, -0.1) is 11.3 Å².